The summed E-state index contributed by atoms with van der Waals surface area (Å²) in [6, 6.07) is 13.3. The Labute approximate surface area is 144 Å². The van der Waals surface area contributed by atoms with E-state index in [2.05, 4.69) is 6.07 Å². The fourth-order valence-corrected chi connectivity index (χ4v) is 4.78. The zero-order chi connectivity index (χ0) is 16.7. The van der Waals surface area contributed by atoms with Gasteiger partial charge in [0.25, 0.3) is 0 Å². The number of hydrogen-bond donors (Lipinski definition) is 1. The van der Waals surface area contributed by atoms with Crippen molar-refractivity contribution in [3.8, 4) is 0 Å². The molecule has 0 aliphatic carbocycles. The average Bonchev–Trinajstić information content (AvgIpc) is 3.04. The maximum atomic E-state index is 13.2. The summed E-state index contributed by atoms with van der Waals surface area (Å²) in [4.78, 5) is 27.5. The summed E-state index contributed by atoms with van der Waals surface area (Å²) in [6.45, 7) is 0.560. The Balaban J connectivity index is 1.70. The lowest BCUT2D eigenvalue weighted by Gasteiger charge is -2.28. The van der Waals surface area contributed by atoms with E-state index >= 15 is 0 Å². The Morgan fingerprint density at radius 3 is 2.79 bits per heavy atom. The van der Waals surface area contributed by atoms with Crippen molar-refractivity contribution in [3.63, 3.8) is 0 Å². The second-order valence-electron chi connectivity index (χ2n) is 6.08. The van der Waals surface area contributed by atoms with Crippen LogP contribution in [0.1, 0.15) is 33.8 Å². The molecule has 0 fully saturated rings. The molecule has 122 valence electrons. The van der Waals surface area contributed by atoms with Crippen molar-refractivity contribution in [2.75, 3.05) is 17.2 Å². The van der Waals surface area contributed by atoms with Crippen LogP contribution in [0.3, 0.4) is 0 Å². The molecule has 5 heteroatoms. The first-order valence-corrected chi connectivity index (χ1v) is 9.03. The summed E-state index contributed by atoms with van der Waals surface area (Å²) in [5.41, 5.74) is 2.94. The smallest absolute Gasteiger partial charge is 0.336 e. The Morgan fingerprint density at radius 1 is 1.12 bits per heavy atom. The van der Waals surface area contributed by atoms with Crippen molar-refractivity contribution < 1.29 is 14.7 Å². The minimum Gasteiger partial charge on any atom is -0.478 e. The molecule has 2 aromatic rings. The van der Waals surface area contributed by atoms with Crippen LogP contribution in [0, 0.1) is 0 Å². The van der Waals surface area contributed by atoms with Gasteiger partial charge in [-0.2, -0.15) is 0 Å². The quantitative estimate of drug-likeness (QED) is 0.909. The highest BCUT2D eigenvalue weighted by molar-refractivity contribution is 7.99. The summed E-state index contributed by atoms with van der Waals surface area (Å²) in [5, 5.41) is 9.35. The Hall–Kier alpha value is -2.27. The number of nitrogens with zero attached hydrogens (tertiary/aromatic N) is 1. The summed E-state index contributed by atoms with van der Waals surface area (Å²) < 4.78 is 0. The van der Waals surface area contributed by atoms with Gasteiger partial charge >= 0.3 is 5.97 Å². The third kappa shape index (κ3) is 2.40. The van der Waals surface area contributed by atoms with Gasteiger partial charge in [-0.3, -0.25) is 4.79 Å². The zero-order valence-corrected chi connectivity index (χ0v) is 13.9. The van der Waals surface area contributed by atoms with Crippen molar-refractivity contribution in [2.45, 2.75) is 23.7 Å². The van der Waals surface area contributed by atoms with E-state index in [1.807, 2.05) is 24.3 Å². The number of carboxylic acids is 1. The van der Waals surface area contributed by atoms with E-state index in [1.54, 1.807) is 28.8 Å². The number of thioether (sulfide) groups is 1. The average molecular weight is 339 g/mol. The van der Waals surface area contributed by atoms with Crippen molar-refractivity contribution >= 4 is 29.3 Å². The first-order valence-electron chi connectivity index (χ1n) is 8.05. The molecule has 2 aliphatic heterocycles. The molecule has 1 unspecified atom stereocenters. The van der Waals surface area contributed by atoms with Crippen LogP contribution in [-0.2, 0) is 11.2 Å². The number of fused-ring (bicyclic) bond motifs is 2. The standard InChI is InChI=1S/C19H17NO3S/c21-18(14-9-11-24-17-7-2-1-4-13(14)17)20-10-8-12-15(19(22)23)5-3-6-16(12)20/h1-7,14H,8-11H2,(H,22,23). The predicted molar refractivity (Wildman–Crippen MR) is 94.0 cm³/mol. The first-order chi connectivity index (χ1) is 11.7. The molecule has 0 saturated heterocycles. The molecule has 0 bridgehead atoms. The van der Waals surface area contributed by atoms with Gasteiger partial charge in [-0.05, 0) is 47.9 Å². The molecular weight excluding hydrogens is 322 g/mol. The second kappa shape index (κ2) is 5.98. The third-order valence-electron chi connectivity index (χ3n) is 4.78. The molecule has 1 amide bonds. The number of aromatic carboxylic acids is 1. The van der Waals surface area contributed by atoms with E-state index in [4.69, 9.17) is 0 Å². The Kier molecular flexibility index (Phi) is 3.81. The summed E-state index contributed by atoms with van der Waals surface area (Å²) in [5.74, 6) is -0.0463. The Bertz CT molecular complexity index is 833. The highest BCUT2D eigenvalue weighted by atomic mass is 32.2. The summed E-state index contributed by atoms with van der Waals surface area (Å²) in [6.07, 6.45) is 1.43. The van der Waals surface area contributed by atoms with Crippen LogP contribution in [0.2, 0.25) is 0 Å². The van der Waals surface area contributed by atoms with Gasteiger partial charge in [0.05, 0.1) is 11.5 Å². The lowest BCUT2D eigenvalue weighted by molar-refractivity contribution is -0.120. The van der Waals surface area contributed by atoms with Crippen molar-refractivity contribution in [3.05, 3.63) is 59.2 Å². The number of benzene rings is 2. The molecule has 1 atom stereocenters. The topological polar surface area (TPSA) is 57.6 Å². The van der Waals surface area contributed by atoms with E-state index in [0.29, 0.717) is 18.5 Å². The number of carboxylic acid groups (broad SMARTS) is 1. The molecule has 1 N–H and O–H groups in total. The molecule has 2 aliphatic rings. The molecule has 0 saturated carbocycles. The number of amides is 1. The third-order valence-corrected chi connectivity index (χ3v) is 5.90. The van der Waals surface area contributed by atoms with Crippen LogP contribution in [0.5, 0.6) is 0 Å². The molecule has 0 aromatic heterocycles. The highest BCUT2D eigenvalue weighted by Crippen LogP contribution is 2.40. The van der Waals surface area contributed by atoms with E-state index in [-0.39, 0.29) is 11.8 Å². The fourth-order valence-electron chi connectivity index (χ4n) is 3.65. The number of rotatable bonds is 2. The molecule has 0 spiro atoms. The van der Waals surface area contributed by atoms with Gasteiger partial charge in [0.2, 0.25) is 5.91 Å². The maximum absolute atomic E-state index is 13.2. The summed E-state index contributed by atoms with van der Waals surface area (Å²) in [7, 11) is 0. The van der Waals surface area contributed by atoms with Crippen LogP contribution in [0.25, 0.3) is 0 Å². The van der Waals surface area contributed by atoms with Crippen molar-refractivity contribution in [1.82, 2.24) is 0 Å². The van der Waals surface area contributed by atoms with Crippen molar-refractivity contribution in [1.29, 1.82) is 0 Å². The molecule has 2 aromatic carbocycles. The zero-order valence-electron chi connectivity index (χ0n) is 13.1. The molecule has 0 radical (unpaired) electrons. The lowest BCUT2D eigenvalue weighted by atomic mass is 9.94. The van der Waals surface area contributed by atoms with Gasteiger partial charge in [0.1, 0.15) is 0 Å². The number of carbonyl (C=O) groups is 2. The van der Waals surface area contributed by atoms with Gasteiger partial charge in [0.15, 0.2) is 0 Å². The largest absolute Gasteiger partial charge is 0.478 e. The minimum atomic E-state index is -0.930. The molecular formula is C19H17NO3S. The lowest BCUT2D eigenvalue weighted by Crippen LogP contribution is -2.35. The second-order valence-corrected chi connectivity index (χ2v) is 7.21. The van der Waals surface area contributed by atoms with Gasteiger partial charge in [-0.1, -0.05) is 24.3 Å². The van der Waals surface area contributed by atoms with Crippen LogP contribution < -0.4 is 4.90 Å². The number of anilines is 1. The molecule has 2 heterocycles. The monoisotopic (exact) mass is 339 g/mol. The first kappa shape index (κ1) is 15.3. The predicted octanol–water partition coefficient (Wildman–Crippen LogP) is 3.55. The molecule has 4 rings (SSSR count). The van der Waals surface area contributed by atoms with E-state index < -0.39 is 5.97 Å². The maximum Gasteiger partial charge on any atom is 0.336 e. The Morgan fingerprint density at radius 2 is 1.96 bits per heavy atom. The van der Waals surface area contributed by atoms with Crippen LogP contribution >= 0.6 is 11.8 Å². The normalized spacial score (nSPS) is 18.8. The van der Waals surface area contributed by atoms with Gasteiger partial charge in [-0.15, -0.1) is 11.8 Å². The van der Waals surface area contributed by atoms with Gasteiger partial charge < -0.3 is 10.0 Å². The van der Waals surface area contributed by atoms with Crippen LogP contribution in [0.4, 0.5) is 5.69 Å². The molecule has 24 heavy (non-hydrogen) atoms. The van der Waals surface area contributed by atoms with Crippen LogP contribution in [-0.4, -0.2) is 29.3 Å². The fraction of sp³-hybridized carbons (Fsp3) is 0.263. The molecule has 4 nitrogen and oxygen atoms in total. The summed E-state index contributed by atoms with van der Waals surface area (Å²) >= 11 is 1.80. The number of carbonyl (C=O) groups excluding carboxylic acids is 1. The SMILES string of the molecule is O=C(O)c1cccc2c1CCN2C(=O)C1CCSc2ccccc21. The van der Waals surface area contributed by atoms with E-state index in [9.17, 15) is 14.7 Å². The van der Waals surface area contributed by atoms with E-state index in [0.717, 1.165) is 29.0 Å². The van der Waals surface area contributed by atoms with Gasteiger partial charge in [0, 0.05) is 17.1 Å². The minimum absolute atomic E-state index is 0.0871. The van der Waals surface area contributed by atoms with Crippen LogP contribution in [0.15, 0.2) is 47.4 Å². The van der Waals surface area contributed by atoms with Gasteiger partial charge in [-0.25, -0.2) is 4.79 Å². The van der Waals surface area contributed by atoms with Crippen molar-refractivity contribution in [2.24, 2.45) is 0 Å². The van der Waals surface area contributed by atoms with E-state index in [1.165, 1.54) is 4.90 Å². The highest BCUT2D eigenvalue weighted by Gasteiger charge is 2.35. The number of hydrogen-bond acceptors (Lipinski definition) is 3.